The molecule has 3 nitrogen and oxygen atoms in total. The summed E-state index contributed by atoms with van der Waals surface area (Å²) in [6, 6.07) is 12.2. The number of pyridine rings is 1. The van der Waals surface area contributed by atoms with E-state index in [1.165, 1.54) is 5.56 Å². The number of benzene rings is 1. The fourth-order valence-corrected chi connectivity index (χ4v) is 2.03. The maximum atomic E-state index is 11.7. The first-order chi connectivity index (χ1) is 8.66. The van der Waals surface area contributed by atoms with Crippen LogP contribution < -0.4 is 5.56 Å². The Balaban J connectivity index is 2.08. The molecule has 0 atom stereocenters. The molecule has 2 rings (SSSR count). The molecule has 0 saturated carbocycles. The van der Waals surface area contributed by atoms with Crippen molar-refractivity contribution < 1.29 is 0 Å². The average Bonchev–Trinajstić information content (AvgIpc) is 2.35. The summed E-state index contributed by atoms with van der Waals surface area (Å²) in [7, 11) is 2.03. The Hall–Kier alpha value is -1.87. The summed E-state index contributed by atoms with van der Waals surface area (Å²) in [6.45, 7) is 3.48. The number of aryl methyl sites for hydroxylation is 1. The van der Waals surface area contributed by atoms with Crippen LogP contribution in [0, 0.1) is 6.92 Å². The molecule has 0 aliphatic carbocycles. The lowest BCUT2D eigenvalue weighted by molar-refractivity contribution is 0.317. The topological polar surface area (TPSA) is 36.1 Å². The SMILES string of the molecule is Cc1cc[nH]c(=O)c1CN(C)Cc1ccccc1. The largest absolute Gasteiger partial charge is 0.329 e. The van der Waals surface area contributed by atoms with E-state index in [9.17, 15) is 4.79 Å². The molecule has 1 aromatic heterocycles. The van der Waals surface area contributed by atoms with E-state index < -0.39 is 0 Å². The van der Waals surface area contributed by atoms with E-state index in [1.54, 1.807) is 6.20 Å². The Morgan fingerprint density at radius 1 is 1.11 bits per heavy atom. The quantitative estimate of drug-likeness (QED) is 0.893. The first kappa shape index (κ1) is 12.6. The second-order valence-electron chi connectivity index (χ2n) is 4.63. The fraction of sp³-hybridized carbons (Fsp3) is 0.267. The van der Waals surface area contributed by atoms with E-state index in [-0.39, 0.29) is 5.56 Å². The van der Waals surface area contributed by atoms with Gasteiger partial charge < -0.3 is 4.98 Å². The molecule has 0 aliphatic rings. The minimum absolute atomic E-state index is 0.00918. The molecule has 1 heterocycles. The van der Waals surface area contributed by atoms with Gasteiger partial charge >= 0.3 is 0 Å². The minimum atomic E-state index is 0.00918. The van der Waals surface area contributed by atoms with Gasteiger partial charge in [-0.3, -0.25) is 9.69 Å². The highest BCUT2D eigenvalue weighted by Crippen LogP contribution is 2.08. The highest BCUT2D eigenvalue weighted by molar-refractivity contribution is 5.22. The summed E-state index contributed by atoms with van der Waals surface area (Å²) in [6.07, 6.45) is 1.69. The molecular weight excluding hydrogens is 224 g/mol. The van der Waals surface area contributed by atoms with Gasteiger partial charge in [-0.25, -0.2) is 0 Å². The molecule has 1 aromatic carbocycles. The maximum absolute atomic E-state index is 11.7. The van der Waals surface area contributed by atoms with Crippen LogP contribution in [0.1, 0.15) is 16.7 Å². The molecule has 0 radical (unpaired) electrons. The van der Waals surface area contributed by atoms with Crippen LogP contribution in [0.3, 0.4) is 0 Å². The third-order valence-electron chi connectivity index (χ3n) is 3.02. The Kier molecular flexibility index (Phi) is 3.95. The summed E-state index contributed by atoms with van der Waals surface area (Å²) in [5.74, 6) is 0. The van der Waals surface area contributed by atoms with Crippen LogP contribution in [0.25, 0.3) is 0 Å². The van der Waals surface area contributed by atoms with E-state index in [0.717, 1.165) is 17.7 Å². The van der Waals surface area contributed by atoms with Crippen molar-refractivity contribution in [3.05, 3.63) is 69.6 Å². The Morgan fingerprint density at radius 3 is 2.50 bits per heavy atom. The van der Waals surface area contributed by atoms with E-state index in [2.05, 4.69) is 22.0 Å². The number of aromatic amines is 1. The number of nitrogens with one attached hydrogen (secondary N) is 1. The minimum Gasteiger partial charge on any atom is -0.329 e. The molecule has 1 N–H and O–H groups in total. The number of nitrogens with zero attached hydrogens (tertiary/aromatic N) is 1. The molecular formula is C15H18N2O. The Bertz CT molecular complexity index is 560. The van der Waals surface area contributed by atoms with Gasteiger partial charge in [-0.2, -0.15) is 0 Å². The number of H-pyrrole nitrogens is 1. The summed E-state index contributed by atoms with van der Waals surface area (Å²) in [4.78, 5) is 16.6. The first-order valence-electron chi connectivity index (χ1n) is 6.06. The van der Waals surface area contributed by atoms with E-state index in [0.29, 0.717) is 6.54 Å². The second-order valence-corrected chi connectivity index (χ2v) is 4.63. The smallest absolute Gasteiger partial charge is 0.252 e. The highest BCUT2D eigenvalue weighted by atomic mass is 16.1. The van der Waals surface area contributed by atoms with Crippen molar-refractivity contribution in [2.24, 2.45) is 0 Å². The zero-order valence-electron chi connectivity index (χ0n) is 10.8. The van der Waals surface area contributed by atoms with Gasteiger partial charge in [0.25, 0.3) is 5.56 Å². The monoisotopic (exact) mass is 242 g/mol. The summed E-state index contributed by atoms with van der Waals surface area (Å²) in [5, 5.41) is 0. The van der Waals surface area contributed by atoms with Gasteiger partial charge in [-0.05, 0) is 31.2 Å². The van der Waals surface area contributed by atoms with Crippen molar-refractivity contribution in [1.29, 1.82) is 0 Å². The van der Waals surface area contributed by atoms with Crippen LogP contribution in [0.4, 0.5) is 0 Å². The number of rotatable bonds is 4. The van der Waals surface area contributed by atoms with E-state index in [4.69, 9.17) is 0 Å². The van der Waals surface area contributed by atoms with Crippen LogP contribution in [-0.2, 0) is 13.1 Å². The van der Waals surface area contributed by atoms with Crippen molar-refractivity contribution in [1.82, 2.24) is 9.88 Å². The van der Waals surface area contributed by atoms with E-state index >= 15 is 0 Å². The van der Waals surface area contributed by atoms with Crippen LogP contribution in [-0.4, -0.2) is 16.9 Å². The Morgan fingerprint density at radius 2 is 1.83 bits per heavy atom. The normalized spacial score (nSPS) is 10.8. The van der Waals surface area contributed by atoms with Gasteiger partial charge in [0.1, 0.15) is 0 Å². The second kappa shape index (κ2) is 5.65. The molecule has 0 amide bonds. The molecule has 0 saturated heterocycles. The predicted molar refractivity (Wildman–Crippen MR) is 73.4 cm³/mol. The summed E-state index contributed by atoms with van der Waals surface area (Å²) >= 11 is 0. The molecule has 0 bridgehead atoms. The lowest BCUT2D eigenvalue weighted by Gasteiger charge is -2.17. The molecule has 0 fully saturated rings. The van der Waals surface area contributed by atoms with E-state index in [1.807, 2.05) is 38.2 Å². The summed E-state index contributed by atoms with van der Waals surface area (Å²) < 4.78 is 0. The lowest BCUT2D eigenvalue weighted by atomic mass is 10.1. The molecule has 0 aliphatic heterocycles. The molecule has 94 valence electrons. The first-order valence-corrected chi connectivity index (χ1v) is 6.06. The molecule has 2 aromatic rings. The standard InChI is InChI=1S/C15H18N2O/c1-12-8-9-16-15(18)14(12)11-17(2)10-13-6-4-3-5-7-13/h3-9H,10-11H2,1-2H3,(H,16,18). The predicted octanol–water partition coefficient (Wildman–Crippen LogP) is 2.32. The maximum Gasteiger partial charge on any atom is 0.252 e. The third-order valence-corrected chi connectivity index (χ3v) is 3.02. The zero-order chi connectivity index (χ0) is 13.0. The van der Waals surface area contributed by atoms with Gasteiger partial charge in [0.05, 0.1) is 0 Å². The van der Waals surface area contributed by atoms with Crippen LogP contribution in [0.5, 0.6) is 0 Å². The number of hydrogen-bond donors (Lipinski definition) is 1. The van der Waals surface area contributed by atoms with Crippen molar-refractivity contribution >= 4 is 0 Å². The van der Waals surface area contributed by atoms with Gasteiger partial charge in [0.15, 0.2) is 0 Å². The van der Waals surface area contributed by atoms with Crippen molar-refractivity contribution in [3.8, 4) is 0 Å². The molecule has 0 spiro atoms. The third kappa shape index (κ3) is 3.08. The number of hydrogen-bond acceptors (Lipinski definition) is 2. The van der Waals surface area contributed by atoms with Gasteiger partial charge in [-0.15, -0.1) is 0 Å². The zero-order valence-corrected chi connectivity index (χ0v) is 10.8. The van der Waals surface area contributed by atoms with Gasteiger partial charge in [0.2, 0.25) is 0 Å². The van der Waals surface area contributed by atoms with Crippen LogP contribution in [0.15, 0.2) is 47.4 Å². The average molecular weight is 242 g/mol. The van der Waals surface area contributed by atoms with Crippen LogP contribution >= 0.6 is 0 Å². The number of aromatic nitrogens is 1. The van der Waals surface area contributed by atoms with Crippen molar-refractivity contribution in [2.75, 3.05) is 7.05 Å². The lowest BCUT2D eigenvalue weighted by Crippen LogP contribution is -2.24. The molecule has 3 heteroatoms. The van der Waals surface area contributed by atoms with Crippen LogP contribution in [0.2, 0.25) is 0 Å². The van der Waals surface area contributed by atoms with Crippen molar-refractivity contribution in [3.63, 3.8) is 0 Å². The Labute approximate surface area is 107 Å². The summed E-state index contributed by atoms with van der Waals surface area (Å²) in [5.41, 5.74) is 3.15. The highest BCUT2D eigenvalue weighted by Gasteiger charge is 2.07. The molecule has 0 unspecified atom stereocenters. The molecule has 18 heavy (non-hydrogen) atoms. The van der Waals surface area contributed by atoms with Crippen molar-refractivity contribution in [2.45, 2.75) is 20.0 Å². The fourth-order valence-electron chi connectivity index (χ4n) is 2.03. The van der Waals surface area contributed by atoms with Gasteiger partial charge in [-0.1, -0.05) is 30.3 Å². The van der Waals surface area contributed by atoms with Gasteiger partial charge in [0, 0.05) is 24.8 Å².